The normalized spacial score (nSPS) is 29.3. The van der Waals surface area contributed by atoms with Gasteiger partial charge in [0.05, 0.1) is 19.8 Å². The third kappa shape index (κ3) is 1.25. The zero-order chi connectivity index (χ0) is 10.3. The Morgan fingerprint density at radius 3 is 3.13 bits per heavy atom. The van der Waals surface area contributed by atoms with Crippen LogP contribution in [-0.2, 0) is 21.5 Å². The molecule has 1 unspecified atom stereocenters. The van der Waals surface area contributed by atoms with Crippen molar-refractivity contribution in [3.63, 3.8) is 0 Å². The van der Waals surface area contributed by atoms with E-state index in [1.807, 2.05) is 6.07 Å². The fourth-order valence-electron chi connectivity index (χ4n) is 2.50. The van der Waals surface area contributed by atoms with Gasteiger partial charge in [0, 0.05) is 24.5 Å². The van der Waals surface area contributed by atoms with Crippen LogP contribution in [0.2, 0.25) is 0 Å². The first-order valence-electron chi connectivity index (χ1n) is 5.25. The largest absolute Gasteiger partial charge is 0.618 e. The van der Waals surface area contributed by atoms with E-state index >= 15 is 0 Å². The number of hydrogen-bond donors (Lipinski definition) is 0. The molecule has 15 heavy (non-hydrogen) atoms. The van der Waals surface area contributed by atoms with Crippen LogP contribution < -0.4 is 4.73 Å². The molecule has 80 valence electrons. The predicted molar refractivity (Wildman–Crippen MR) is 52.2 cm³/mol. The molecule has 2 aliphatic rings. The molecule has 0 aromatic carbocycles. The summed E-state index contributed by atoms with van der Waals surface area (Å²) in [5.74, 6) is 0. The van der Waals surface area contributed by atoms with Crippen molar-refractivity contribution < 1.29 is 14.2 Å². The molecule has 1 aromatic rings. The maximum Gasteiger partial charge on any atom is 0.230 e. The van der Waals surface area contributed by atoms with Crippen LogP contribution in [-0.4, -0.2) is 19.8 Å². The summed E-state index contributed by atoms with van der Waals surface area (Å²) in [5, 5.41) is 11.8. The van der Waals surface area contributed by atoms with E-state index in [0.29, 0.717) is 19.8 Å². The monoisotopic (exact) mass is 207 g/mol. The molecule has 1 atom stereocenters. The van der Waals surface area contributed by atoms with Crippen molar-refractivity contribution in [1.29, 1.82) is 0 Å². The van der Waals surface area contributed by atoms with E-state index in [2.05, 4.69) is 0 Å². The molecule has 4 nitrogen and oxygen atoms in total. The highest BCUT2D eigenvalue weighted by atomic mass is 16.6. The predicted octanol–water partition coefficient (Wildman–Crippen LogP) is 0.508. The lowest BCUT2D eigenvalue weighted by Gasteiger charge is -2.31. The molecule has 1 saturated heterocycles. The minimum Gasteiger partial charge on any atom is -0.618 e. The van der Waals surface area contributed by atoms with Gasteiger partial charge < -0.3 is 14.7 Å². The highest BCUT2D eigenvalue weighted by molar-refractivity contribution is 5.25. The van der Waals surface area contributed by atoms with Gasteiger partial charge in [0.1, 0.15) is 0 Å². The van der Waals surface area contributed by atoms with Crippen LogP contribution in [0.3, 0.4) is 0 Å². The molecular formula is C11H13NO3. The highest BCUT2D eigenvalue weighted by Crippen LogP contribution is 2.37. The number of ether oxygens (including phenoxy) is 2. The summed E-state index contributed by atoms with van der Waals surface area (Å²) in [6, 6.07) is 3.80. The third-order valence-corrected chi connectivity index (χ3v) is 3.21. The van der Waals surface area contributed by atoms with Gasteiger partial charge in [-0.15, -0.1) is 0 Å². The van der Waals surface area contributed by atoms with E-state index in [1.54, 1.807) is 6.07 Å². The van der Waals surface area contributed by atoms with Crippen LogP contribution in [0.4, 0.5) is 0 Å². The second kappa shape index (κ2) is 3.18. The zero-order valence-electron chi connectivity index (χ0n) is 8.44. The molecule has 2 aliphatic heterocycles. The molecule has 3 heterocycles. The fraction of sp³-hybridized carbons (Fsp3) is 0.545. The van der Waals surface area contributed by atoms with Gasteiger partial charge in [0.2, 0.25) is 5.69 Å². The van der Waals surface area contributed by atoms with Gasteiger partial charge in [0.25, 0.3) is 0 Å². The van der Waals surface area contributed by atoms with Crippen molar-refractivity contribution in [1.82, 2.24) is 0 Å². The summed E-state index contributed by atoms with van der Waals surface area (Å²) < 4.78 is 12.1. The lowest BCUT2D eigenvalue weighted by molar-refractivity contribution is -0.624. The second-order valence-corrected chi connectivity index (χ2v) is 4.10. The molecular weight excluding hydrogens is 194 g/mol. The number of fused-ring (bicyclic) bond motifs is 2. The Labute approximate surface area is 88.0 Å². The van der Waals surface area contributed by atoms with Gasteiger partial charge in [-0.05, 0) is 6.07 Å². The Morgan fingerprint density at radius 2 is 2.33 bits per heavy atom. The average molecular weight is 207 g/mol. The van der Waals surface area contributed by atoms with Gasteiger partial charge in [-0.25, -0.2) is 0 Å². The third-order valence-electron chi connectivity index (χ3n) is 3.21. The van der Waals surface area contributed by atoms with Gasteiger partial charge >= 0.3 is 0 Å². The molecule has 0 bridgehead atoms. The number of rotatable bonds is 0. The number of pyridine rings is 1. The van der Waals surface area contributed by atoms with Crippen molar-refractivity contribution in [2.75, 3.05) is 19.8 Å². The Morgan fingerprint density at radius 1 is 1.40 bits per heavy atom. The SMILES string of the molecule is [O-][n+]1cccc2c1C1(CCOC1)OCC2. The minimum atomic E-state index is -0.476. The van der Waals surface area contributed by atoms with E-state index in [4.69, 9.17) is 9.47 Å². The molecule has 0 saturated carbocycles. The average Bonchev–Trinajstić information content (AvgIpc) is 2.67. The fourth-order valence-corrected chi connectivity index (χ4v) is 2.50. The quantitative estimate of drug-likeness (QED) is 0.460. The molecule has 1 spiro atoms. The van der Waals surface area contributed by atoms with Crippen LogP contribution in [0.15, 0.2) is 18.3 Å². The summed E-state index contributed by atoms with van der Waals surface area (Å²) in [5.41, 5.74) is 1.38. The van der Waals surface area contributed by atoms with Crippen LogP contribution in [0.25, 0.3) is 0 Å². The molecule has 1 aromatic heterocycles. The minimum absolute atomic E-state index is 0.476. The van der Waals surface area contributed by atoms with Crippen molar-refractivity contribution in [2.24, 2.45) is 0 Å². The number of aromatic nitrogens is 1. The maximum atomic E-state index is 11.8. The molecule has 4 heteroatoms. The number of nitrogens with zero attached hydrogens (tertiary/aromatic N) is 1. The summed E-state index contributed by atoms with van der Waals surface area (Å²) in [6.07, 6.45) is 3.14. The molecule has 0 radical (unpaired) electrons. The van der Waals surface area contributed by atoms with Crippen molar-refractivity contribution in [3.05, 3.63) is 34.8 Å². The van der Waals surface area contributed by atoms with Gasteiger partial charge in [-0.2, -0.15) is 4.73 Å². The first-order valence-corrected chi connectivity index (χ1v) is 5.25. The van der Waals surface area contributed by atoms with Crippen molar-refractivity contribution >= 4 is 0 Å². The highest BCUT2D eigenvalue weighted by Gasteiger charge is 2.47. The van der Waals surface area contributed by atoms with E-state index in [0.717, 1.165) is 28.8 Å². The van der Waals surface area contributed by atoms with Crippen LogP contribution in [0.1, 0.15) is 17.7 Å². The van der Waals surface area contributed by atoms with Gasteiger partial charge in [0.15, 0.2) is 11.8 Å². The summed E-state index contributed by atoms with van der Waals surface area (Å²) >= 11 is 0. The van der Waals surface area contributed by atoms with E-state index < -0.39 is 5.60 Å². The Kier molecular flexibility index (Phi) is 1.94. The van der Waals surface area contributed by atoms with Crippen LogP contribution in [0, 0.1) is 5.21 Å². The van der Waals surface area contributed by atoms with E-state index in [-0.39, 0.29) is 0 Å². The Balaban J connectivity index is 2.16. The van der Waals surface area contributed by atoms with E-state index in [9.17, 15) is 5.21 Å². The second-order valence-electron chi connectivity index (χ2n) is 4.10. The number of hydrogen-bond acceptors (Lipinski definition) is 3. The Bertz CT molecular complexity index is 385. The molecule has 1 fully saturated rings. The first-order chi connectivity index (χ1) is 7.32. The van der Waals surface area contributed by atoms with Gasteiger partial charge in [-0.1, -0.05) is 0 Å². The van der Waals surface area contributed by atoms with Gasteiger partial charge in [-0.3, -0.25) is 0 Å². The molecule has 0 N–H and O–H groups in total. The smallest absolute Gasteiger partial charge is 0.230 e. The lowest BCUT2D eigenvalue weighted by atomic mass is 9.90. The lowest BCUT2D eigenvalue weighted by Crippen LogP contribution is -2.48. The Hall–Kier alpha value is -1.13. The summed E-state index contributed by atoms with van der Waals surface area (Å²) in [7, 11) is 0. The van der Waals surface area contributed by atoms with Crippen LogP contribution >= 0.6 is 0 Å². The first kappa shape index (κ1) is 9.12. The maximum absolute atomic E-state index is 11.8. The molecule has 3 rings (SSSR count). The topological polar surface area (TPSA) is 45.4 Å². The van der Waals surface area contributed by atoms with E-state index in [1.165, 1.54) is 6.20 Å². The summed E-state index contributed by atoms with van der Waals surface area (Å²) in [4.78, 5) is 0. The van der Waals surface area contributed by atoms with Crippen molar-refractivity contribution in [2.45, 2.75) is 18.4 Å². The molecule has 0 aliphatic carbocycles. The standard InChI is InChI=1S/C11H13NO3/c13-12-5-1-2-9-3-6-15-11(10(9)12)4-7-14-8-11/h1-2,5H,3-4,6-8H2. The molecule has 0 amide bonds. The van der Waals surface area contributed by atoms with Crippen molar-refractivity contribution in [3.8, 4) is 0 Å². The van der Waals surface area contributed by atoms with Crippen LogP contribution in [0.5, 0.6) is 0 Å². The zero-order valence-corrected chi connectivity index (χ0v) is 8.44. The summed E-state index contributed by atoms with van der Waals surface area (Å²) in [6.45, 7) is 1.86.